The van der Waals surface area contributed by atoms with E-state index in [-0.39, 0.29) is 36.7 Å². The molecule has 3 aromatic rings. The molecular formula is C35H46N4O7. The smallest absolute Gasteiger partial charge is 0.337 e. The molecule has 2 amide bonds. The van der Waals surface area contributed by atoms with Crippen LogP contribution in [0.4, 0.5) is 0 Å². The van der Waals surface area contributed by atoms with Gasteiger partial charge in [-0.2, -0.15) is 0 Å². The second kappa shape index (κ2) is 16.8. The highest BCUT2D eigenvalue weighted by Crippen LogP contribution is 2.29. The lowest BCUT2D eigenvalue weighted by Gasteiger charge is -2.31. The van der Waals surface area contributed by atoms with E-state index >= 15 is 0 Å². The van der Waals surface area contributed by atoms with Gasteiger partial charge in [-0.1, -0.05) is 68.5 Å². The molecule has 1 aliphatic carbocycles. The van der Waals surface area contributed by atoms with Gasteiger partial charge < -0.3 is 35.7 Å². The van der Waals surface area contributed by atoms with Crippen LogP contribution in [-0.4, -0.2) is 67.4 Å². The van der Waals surface area contributed by atoms with E-state index in [0.717, 1.165) is 32.1 Å². The topological polar surface area (TPSA) is 174 Å². The quantitative estimate of drug-likeness (QED) is 0.137. The van der Waals surface area contributed by atoms with Crippen LogP contribution in [0.2, 0.25) is 0 Å². The van der Waals surface area contributed by atoms with E-state index in [1.807, 2.05) is 0 Å². The molecule has 6 N–H and O–H groups in total. The molecule has 1 saturated carbocycles. The summed E-state index contributed by atoms with van der Waals surface area (Å²) in [6, 6.07) is 11.4. The van der Waals surface area contributed by atoms with Gasteiger partial charge in [0.05, 0.1) is 24.2 Å². The Morgan fingerprint density at radius 3 is 2.04 bits per heavy atom. The van der Waals surface area contributed by atoms with E-state index < -0.39 is 48.0 Å². The predicted molar refractivity (Wildman–Crippen MR) is 172 cm³/mol. The zero-order valence-electron chi connectivity index (χ0n) is 26.5. The number of amides is 2. The van der Waals surface area contributed by atoms with Gasteiger partial charge in [0.25, 0.3) is 0 Å². The number of esters is 1. The van der Waals surface area contributed by atoms with Crippen LogP contribution >= 0.6 is 0 Å². The largest absolute Gasteiger partial charge is 0.508 e. The molecule has 46 heavy (non-hydrogen) atoms. The molecule has 0 spiro atoms. The number of phenols is 2. The van der Waals surface area contributed by atoms with Crippen LogP contribution in [-0.2, 0) is 38.4 Å². The minimum absolute atomic E-state index is 0.0382. The number of aromatic nitrogens is 2. The van der Waals surface area contributed by atoms with Gasteiger partial charge in [-0.05, 0) is 62.3 Å². The lowest BCUT2D eigenvalue weighted by atomic mass is 9.83. The molecule has 0 radical (unpaired) electrons. The maximum absolute atomic E-state index is 14.0. The number of ether oxygens (including phenoxy) is 1. The highest BCUT2D eigenvalue weighted by molar-refractivity contribution is 5.89. The fraction of sp³-hybridized carbons (Fsp3) is 0.486. The molecule has 1 aromatic heterocycles. The maximum atomic E-state index is 14.0. The SMILES string of the molecule is CC(C)OC(=O)C(O)C(CC1CCCCC1)NC(=O)[C@H](Cc1c[nH]cn1)NC(=O)C(Cc1ccccc1O)Cc1ccccc1O. The minimum atomic E-state index is -1.58. The molecule has 2 unspecified atom stereocenters. The number of H-pyrrole nitrogens is 1. The number of aliphatic hydroxyl groups is 1. The fourth-order valence-electron chi connectivity index (χ4n) is 6.06. The van der Waals surface area contributed by atoms with E-state index in [1.54, 1.807) is 68.6 Å². The van der Waals surface area contributed by atoms with Crippen molar-refractivity contribution < 1.29 is 34.4 Å². The molecule has 1 heterocycles. The van der Waals surface area contributed by atoms with Crippen molar-refractivity contribution >= 4 is 17.8 Å². The molecule has 3 atom stereocenters. The van der Waals surface area contributed by atoms with Gasteiger partial charge in [0.2, 0.25) is 11.8 Å². The Balaban J connectivity index is 1.58. The number of benzene rings is 2. The summed E-state index contributed by atoms with van der Waals surface area (Å²) in [6.07, 6.45) is 6.91. The Kier molecular flexibility index (Phi) is 12.6. The van der Waals surface area contributed by atoms with Crippen molar-refractivity contribution in [1.82, 2.24) is 20.6 Å². The van der Waals surface area contributed by atoms with Crippen molar-refractivity contribution in [3.8, 4) is 11.5 Å². The first-order chi connectivity index (χ1) is 22.1. The Bertz CT molecular complexity index is 1370. The number of carbonyl (C=O) groups excluding carboxylic acids is 3. The highest BCUT2D eigenvalue weighted by Gasteiger charge is 2.35. The molecule has 1 fully saturated rings. The van der Waals surface area contributed by atoms with Gasteiger partial charge in [-0.25, -0.2) is 9.78 Å². The van der Waals surface area contributed by atoms with Crippen LogP contribution in [0.25, 0.3) is 0 Å². The second-order valence-corrected chi connectivity index (χ2v) is 12.5. The fourth-order valence-corrected chi connectivity index (χ4v) is 6.06. The third kappa shape index (κ3) is 10.1. The average Bonchev–Trinajstić information content (AvgIpc) is 3.55. The first-order valence-electron chi connectivity index (χ1n) is 16.1. The Labute approximate surface area is 269 Å². The van der Waals surface area contributed by atoms with Crippen LogP contribution in [0, 0.1) is 11.8 Å². The van der Waals surface area contributed by atoms with Gasteiger partial charge in [-0.3, -0.25) is 9.59 Å². The summed E-state index contributed by atoms with van der Waals surface area (Å²) in [5, 5.41) is 37.7. The number of aromatic hydroxyl groups is 2. The van der Waals surface area contributed by atoms with Gasteiger partial charge >= 0.3 is 5.97 Å². The molecule has 0 aliphatic heterocycles. The summed E-state index contributed by atoms with van der Waals surface area (Å²) in [5.74, 6) is -2.31. The third-order valence-electron chi connectivity index (χ3n) is 8.50. The minimum Gasteiger partial charge on any atom is -0.508 e. The van der Waals surface area contributed by atoms with Crippen molar-refractivity contribution in [3.63, 3.8) is 0 Å². The Hall–Kier alpha value is -4.38. The van der Waals surface area contributed by atoms with Crippen molar-refractivity contribution in [2.24, 2.45) is 11.8 Å². The van der Waals surface area contributed by atoms with Gasteiger partial charge in [0, 0.05) is 18.5 Å². The summed E-state index contributed by atoms with van der Waals surface area (Å²) in [4.78, 5) is 47.8. The van der Waals surface area contributed by atoms with E-state index in [1.165, 1.54) is 6.33 Å². The molecule has 11 nitrogen and oxygen atoms in total. The number of nitrogens with zero attached hydrogens (tertiary/aromatic N) is 1. The van der Waals surface area contributed by atoms with Gasteiger partial charge in [-0.15, -0.1) is 0 Å². The lowest BCUT2D eigenvalue weighted by molar-refractivity contribution is -0.159. The van der Waals surface area contributed by atoms with Gasteiger partial charge in [0.15, 0.2) is 6.10 Å². The molecule has 1 aliphatic rings. The first-order valence-corrected chi connectivity index (χ1v) is 16.1. The maximum Gasteiger partial charge on any atom is 0.337 e. The molecule has 11 heteroatoms. The summed E-state index contributed by atoms with van der Waals surface area (Å²) in [6.45, 7) is 3.38. The molecule has 0 saturated heterocycles. The van der Waals surface area contributed by atoms with Crippen LogP contribution in [0.3, 0.4) is 0 Å². The normalized spacial score (nSPS) is 15.7. The van der Waals surface area contributed by atoms with Crippen molar-refractivity contribution in [2.45, 2.75) is 95.9 Å². The molecular weight excluding hydrogens is 588 g/mol. The molecule has 248 valence electrons. The monoisotopic (exact) mass is 634 g/mol. The summed E-state index contributed by atoms with van der Waals surface area (Å²) in [5.41, 5.74) is 1.62. The number of aromatic amines is 1. The van der Waals surface area contributed by atoms with Crippen LogP contribution in [0.1, 0.15) is 69.2 Å². The van der Waals surface area contributed by atoms with E-state index in [4.69, 9.17) is 4.74 Å². The first kappa shape index (κ1) is 34.5. The number of para-hydroxylation sites is 2. The third-order valence-corrected chi connectivity index (χ3v) is 8.50. The van der Waals surface area contributed by atoms with Crippen molar-refractivity contribution in [3.05, 3.63) is 77.9 Å². The number of nitrogens with one attached hydrogen (secondary N) is 3. The second-order valence-electron chi connectivity index (χ2n) is 12.5. The predicted octanol–water partition coefficient (Wildman–Crippen LogP) is 3.72. The zero-order chi connectivity index (χ0) is 33.1. The van der Waals surface area contributed by atoms with E-state index in [0.29, 0.717) is 23.2 Å². The van der Waals surface area contributed by atoms with Gasteiger partial charge in [0.1, 0.15) is 17.5 Å². The van der Waals surface area contributed by atoms with Crippen molar-refractivity contribution in [2.75, 3.05) is 0 Å². The van der Waals surface area contributed by atoms with E-state index in [9.17, 15) is 29.7 Å². The number of hydrogen-bond donors (Lipinski definition) is 6. The average molecular weight is 635 g/mol. The zero-order valence-corrected chi connectivity index (χ0v) is 26.5. The highest BCUT2D eigenvalue weighted by atomic mass is 16.6. The van der Waals surface area contributed by atoms with E-state index in [2.05, 4.69) is 20.6 Å². The number of hydrogen-bond acceptors (Lipinski definition) is 8. The number of imidazole rings is 1. The summed E-state index contributed by atoms with van der Waals surface area (Å²) in [7, 11) is 0. The van der Waals surface area contributed by atoms with Crippen LogP contribution < -0.4 is 10.6 Å². The Morgan fingerprint density at radius 2 is 1.50 bits per heavy atom. The van der Waals surface area contributed by atoms with Crippen molar-refractivity contribution in [1.29, 1.82) is 0 Å². The number of aliphatic hydroxyl groups excluding tert-OH is 1. The van der Waals surface area contributed by atoms with Crippen LogP contribution in [0.5, 0.6) is 11.5 Å². The Morgan fingerprint density at radius 1 is 0.891 bits per heavy atom. The number of phenolic OH excluding ortho intramolecular Hbond substituents is 2. The standard InChI is InChI=1S/C35H46N4O7/c1-22(2)46-35(45)32(42)28(16-23-10-4-3-5-11-23)38-34(44)29(19-27-20-36-21-37-27)39-33(43)26(17-24-12-6-8-14-30(24)40)18-25-13-7-9-15-31(25)41/h6-9,12-15,20-23,26,28-29,32,40-42H,3-5,10-11,16-19H2,1-2H3,(H,36,37)(H,38,44)(H,39,43)/t28?,29-,32?/m0/s1. The molecule has 4 rings (SSSR count). The lowest BCUT2D eigenvalue weighted by Crippen LogP contribution is -2.56. The number of carbonyl (C=O) groups is 3. The summed E-state index contributed by atoms with van der Waals surface area (Å²) < 4.78 is 5.27. The summed E-state index contributed by atoms with van der Waals surface area (Å²) >= 11 is 0. The van der Waals surface area contributed by atoms with Crippen LogP contribution in [0.15, 0.2) is 61.1 Å². The number of rotatable bonds is 15. The molecule has 2 aromatic carbocycles. The molecule has 0 bridgehead atoms.